The molecular weight excluding hydrogens is 357 g/mol. The number of nitrogens with zero attached hydrogens (tertiary/aromatic N) is 2. The van der Waals surface area contributed by atoms with Gasteiger partial charge >= 0.3 is 5.97 Å². The first-order chi connectivity index (χ1) is 9.13. The fourth-order valence-electron chi connectivity index (χ4n) is 2.95. The van der Waals surface area contributed by atoms with E-state index in [4.69, 9.17) is 4.74 Å². The van der Waals surface area contributed by atoms with Crippen LogP contribution in [0.4, 0.5) is 0 Å². The molecule has 0 aromatic carbocycles. The maximum atomic E-state index is 12.2. The van der Waals surface area contributed by atoms with Crippen molar-refractivity contribution in [2.24, 2.45) is 0 Å². The molecule has 0 radical (unpaired) electrons. The number of carbonyl (C=O) groups excluding carboxylic acids is 1. The molecule has 0 aliphatic heterocycles. The molecule has 1 aromatic rings. The van der Waals surface area contributed by atoms with Gasteiger partial charge in [-0.05, 0) is 54.7 Å². The molecule has 1 heterocycles. The molecule has 1 N–H and O–H groups in total. The molecule has 0 spiro atoms. The summed E-state index contributed by atoms with van der Waals surface area (Å²) >= 11 is 2.26. The van der Waals surface area contributed by atoms with Crippen LogP contribution in [0.2, 0.25) is 0 Å². The first-order valence-electron chi connectivity index (χ1n) is 6.69. The first kappa shape index (κ1) is 13.4. The smallest absolute Gasteiger partial charge is 0.326 e. The molecule has 5 nitrogen and oxygen atoms in total. The van der Waals surface area contributed by atoms with E-state index in [0.717, 1.165) is 22.8 Å². The van der Waals surface area contributed by atoms with Crippen molar-refractivity contribution >= 4 is 28.6 Å². The number of halogens is 1. The van der Waals surface area contributed by atoms with Crippen molar-refractivity contribution in [2.45, 2.75) is 49.7 Å². The van der Waals surface area contributed by atoms with Crippen LogP contribution < -0.4 is 5.32 Å². The summed E-state index contributed by atoms with van der Waals surface area (Å²) < 4.78 is 8.14. The lowest BCUT2D eigenvalue weighted by atomic mass is 9.97. The minimum atomic E-state index is -0.502. The van der Waals surface area contributed by atoms with Crippen LogP contribution in [-0.4, -0.2) is 34.4 Å². The lowest BCUT2D eigenvalue weighted by Crippen LogP contribution is -2.51. The molecule has 2 aliphatic rings. The van der Waals surface area contributed by atoms with Crippen LogP contribution in [0.1, 0.15) is 38.1 Å². The molecule has 6 heteroatoms. The highest BCUT2D eigenvalue weighted by Gasteiger charge is 2.49. The van der Waals surface area contributed by atoms with E-state index >= 15 is 0 Å². The van der Waals surface area contributed by atoms with Gasteiger partial charge in [0.25, 0.3) is 0 Å². The summed E-state index contributed by atoms with van der Waals surface area (Å²) in [5.41, 5.74) is -0.502. The van der Waals surface area contributed by atoms with E-state index in [0.29, 0.717) is 6.04 Å². The van der Waals surface area contributed by atoms with Gasteiger partial charge in [-0.2, -0.15) is 5.10 Å². The second kappa shape index (κ2) is 5.05. The molecule has 2 atom stereocenters. The van der Waals surface area contributed by atoms with Crippen molar-refractivity contribution in [1.82, 2.24) is 15.1 Å². The number of hydrogen-bond acceptors (Lipinski definition) is 4. The number of esters is 1. The Morgan fingerprint density at radius 2 is 2.37 bits per heavy atom. The van der Waals surface area contributed by atoms with Crippen molar-refractivity contribution in [1.29, 1.82) is 0 Å². The van der Waals surface area contributed by atoms with Crippen LogP contribution in [0, 0.1) is 3.57 Å². The third kappa shape index (κ3) is 2.65. The summed E-state index contributed by atoms with van der Waals surface area (Å²) in [5, 5.41) is 7.88. The van der Waals surface area contributed by atoms with Crippen molar-refractivity contribution in [3.63, 3.8) is 0 Å². The van der Waals surface area contributed by atoms with Gasteiger partial charge in [0.15, 0.2) is 0 Å². The highest BCUT2D eigenvalue weighted by atomic mass is 127. The Morgan fingerprint density at radius 3 is 2.95 bits per heavy atom. The molecule has 2 saturated carbocycles. The predicted molar refractivity (Wildman–Crippen MR) is 78.7 cm³/mol. The molecule has 0 bridgehead atoms. The maximum Gasteiger partial charge on any atom is 0.326 e. The number of nitrogens with one attached hydrogen (secondary N) is 1. The van der Waals surface area contributed by atoms with Crippen LogP contribution in [-0.2, 0) is 9.53 Å². The van der Waals surface area contributed by atoms with Crippen molar-refractivity contribution in [3.8, 4) is 0 Å². The molecule has 0 saturated heterocycles. The van der Waals surface area contributed by atoms with E-state index in [9.17, 15) is 4.79 Å². The van der Waals surface area contributed by atoms with Gasteiger partial charge in [-0.3, -0.25) is 14.8 Å². The van der Waals surface area contributed by atoms with E-state index in [1.807, 2.05) is 17.1 Å². The third-order valence-electron chi connectivity index (χ3n) is 4.07. The molecule has 2 fully saturated rings. The number of aromatic nitrogens is 2. The van der Waals surface area contributed by atoms with Gasteiger partial charge in [0.1, 0.15) is 5.54 Å². The second-order valence-electron chi connectivity index (χ2n) is 5.53. The lowest BCUT2D eigenvalue weighted by Gasteiger charge is -2.27. The molecule has 3 rings (SSSR count). The zero-order valence-corrected chi connectivity index (χ0v) is 13.1. The number of rotatable bonds is 4. The molecule has 2 aliphatic carbocycles. The normalized spacial score (nSPS) is 30.5. The monoisotopic (exact) mass is 375 g/mol. The zero-order valence-electron chi connectivity index (χ0n) is 10.9. The van der Waals surface area contributed by atoms with Gasteiger partial charge < -0.3 is 4.74 Å². The van der Waals surface area contributed by atoms with Gasteiger partial charge in [-0.25, -0.2) is 0 Å². The third-order valence-corrected chi connectivity index (χ3v) is 4.62. The van der Waals surface area contributed by atoms with Crippen LogP contribution in [0.25, 0.3) is 0 Å². The van der Waals surface area contributed by atoms with Crippen molar-refractivity contribution < 1.29 is 9.53 Å². The highest BCUT2D eigenvalue weighted by Crippen LogP contribution is 2.40. The maximum absolute atomic E-state index is 12.2. The quantitative estimate of drug-likeness (QED) is 0.645. The van der Waals surface area contributed by atoms with Gasteiger partial charge in [0, 0.05) is 12.2 Å². The number of hydrogen-bond donors (Lipinski definition) is 1. The standard InChI is InChI=1S/C13H18IN3O2/c1-19-12(18)13(16-10-2-3-10)5-4-11(6-13)17-8-9(14)7-15-17/h7-8,10-11,16H,2-6H2,1H3. The van der Waals surface area contributed by atoms with E-state index in [2.05, 4.69) is 33.0 Å². The Bertz CT molecular complexity index is 486. The van der Waals surface area contributed by atoms with E-state index in [1.54, 1.807) is 0 Å². The Morgan fingerprint density at radius 1 is 1.58 bits per heavy atom. The van der Waals surface area contributed by atoms with Crippen LogP contribution in [0.3, 0.4) is 0 Å². The van der Waals surface area contributed by atoms with E-state index < -0.39 is 5.54 Å². The van der Waals surface area contributed by atoms with E-state index in [-0.39, 0.29) is 12.0 Å². The summed E-state index contributed by atoms with van der Waals surface area (Å²) in [6, 6.07) is 0.782. The molecule has 2 unspecified atom stereocenters. The first-order valence-corrected chi connectivity index (χ1v) is 7.76. The minimum absolute atomic E-state index is 0.122. The van der Waals surface area contributed by atoms with Gasteiger partial charge in [-0.15, -0.1) is 0 Å². The highest BCUT2D eigenvalue weighted by molar-refractivity contribution is 14.1. The van der Waals surface area contributed by atoms with Crippen LogP contribution >= 0.6 is 22.6 Å². The zero-order chi connectivity index (χ0) is 13.5. The Labute approximate surface area is 126 Å². The average molecular weight is 375 g/mol. The van der Waals surface area contributed by atoms with Crippen LogP contribution in [0.5, 0.6) is 0 Å². The number of methoxy groups -OCH3 is 1. The topological polar surface area (TPSA) is 56.1 Å². The van der Waals surface area contributed by atoms with Gasteiger partial charge in [0.2, 0.25) is 0 Å². The lowest BCUT2D eigenvalue weighted by molar-refractivity contribution is -0.148. The second-order valence-corrected chi connectivity index (χ2v) is 6.77. The van der Waals surface area contributed by atoms with Gasteiger partial charge in [0.05, 0.1) is 22.9 Å². The summed E-state index contributed by atoms with van der Waals surface area (Å²) in [6.45, 7) is 0. The van der Waals surface area contributed by atoms with E-state index in [1.165, 1.54) is 20.0 Å². The Hall–Kier alpha value is -0.630. The van der Waals surface area contributed by atoms with Crippen molar-refractivity contribution in [2.75, 3.05) is 7.11 Å². The number of ether oxygens (including phenoxy) is 1. The fourth-order valence-corrected chi connectivity index (χ4v) is 3.36. The SMILES string of the molecule is COC(=O)C1(NC2CC2)CCC(n2cc(I)cn2)C1. The molecule has 19 heavy (non-hydrogen) atoms. The number of carbonyl (C=O) groups is 1. The molecule has 104 valence electrons. The summed E-state index contributed by atoms with van der Waals surface area (Å²) in [5.74, 6) is -0.122. The summed E-state index contributed by atoms with van der Waals surface area (Å²) in [4.78, 5) is 12.2. The van der Waals surface area contributed by atoms with Gasteiger partial charge in [-0.1, -0.05) is 0 Å². The molecule has 1 aromatic heterocycles. The fraction of sp³-hybridized carbons (Fsp3) is 0.692. The Balaban J connectivity index is 1.77. The van der Waals surface area contributed by atoms with Crippen LogP contribution in [0.15, 0.2) is 12.4 Å². The summed E-state index contributed by atoms with van der Waals surface area (Å²) in [6.07, 6.45) is 8.80. The Kier molecular flexibility index (Phi) is 3.55. The average Bonchev–Trinajstić information content (AvgIpc) is 2.93. The van der Waals surface area contributed by atoms with Crippen molar-refractivity contribution in [3.05, 3.63) is 16.0 Å². The predicted octanol–water partition coefficient (Wildman–Crippen LogP) is 1.88. The summed E-state index contributed by atoms with van der Waals surface area (Å²) in [7, 11) is 1.48. The molecule has 0 amide bonds. The molecular formula is C13H18IN3O2. The largest absolute Gasteiger partial charge is 0.468 e. The minimum Gasteiger partial charge on any atom is -0.468 e.